The van der Waals surface area contributed by atoms with Crippen LogP contribution in [0, 0.1) is 0 Å². The van der Waals surface area contributed by atoms with Gasteiger partial charge in [-0.25, -0.2) is 9.59 Å². The molecule has 1 fully saturated rings. The van der Waals surface area contributed by atoms with Gasteiger partial charge in [-0.05, 0) is 35.4 Å². The van der Waals surface area contributed by atoms with E-state index in [-0.39, 0.29) is 36.7 Å². The Morgan fingerprint density at radius 1 is 1.07 bits per heavy atom. The molecule has 6 nitrogen and oxygen atoms in total. The van der Waals surface area contributed by atoms with Crippen LogP contribution in [0.5, 0.6) is 0 Å². The third-order valence-electron chi connectivity index (χ3n) is 4.06. The molecule has 1 N–H and O–H groups in total. The largest absolute Gasteiger partial charge is 0.457 e. The van der Waals surface area contributed by atoms with Crippen LogP contribution >= 0.6 is 0 Å². The monoisotopic (exact) mass is 392 g/mol. The highest BCUT2D eigenvalue weighted by atomic mass is 19.4. The first kappa shape index (κ1) is 19.4. The van der Waals surface area contributed by atoms with Gasteiger partial charge in [-0.15, -0.1) is 0 Å². The van der Waals surface area contributed by atoms with Crippen molar-refractivity contribution in [3.05, 3.63) is 70.8 Å². The minimum absolute atomic E-state index is 0.000581. The third kappa shape index (κ3) is 4.48. The zero-order valence-electron chi connectivity index (χ0n) is 14.5. The Bertz CT molecular complexity index is 911. The summed E-state index contributed by atoms with van der Waals surface area (Å²) in [6.07, 6.45) is -4.48. The van der Waals surface area contributed by atoms with Gasteiger partial charge in [0.2, 0.25) is 5.91 Å². The molecule has 2 aromatic rings. The SMILES string of the molecule is O=C(OCc1cccc(C(F)(F)F)c1)c1cccc(CN2C(=O)CNC2=O)c1. The molecule has 3 rings (SSSR count). The molecule has 0 aliphatic carbocycles. The van der Waals surface area contributed by atoms with Gasteiger partial charge in [-0.1, -0.05) is 24.3 Å². The number of imide groups is 1. The molecule has 9 heteroatoms. The summed E-state index contributed by atoms with van der Waals surface area (Å²) in [4.78, 5) is 36.5. The van der Waals surface area contributed by atoms with E-state index in [1.54, 1.807) is 12.1 Å². The second-order valence-corrected chi connectivity index (χ2v) is 6.11. The van der Waals surface area contributed by atoms with E-state index in [2.05, 4.69) is 5.32 Å². The van der Waals surface area contributed by atoms with Gasteiger partial charge in [0, 0.05) is 0 Å². The minimum atomic E-state index is -4.48. The molecule has 2 aromatic carbocycles. The molecule has 1 heterocycles. The number of alkyl halides is 3. The van der Waals surface area contributed by atoms with Crippen molar-refractivity contribution in [2.75, 3.05) is 6.54 Å². The summed E-state index contributed by atoms with van der Waals surface area (Å²) in [6, 6.07) is 10.2. The number of nitrogens with zero attached hydrogens (tertiary/aromatic N) is 1. The molecule has 0 aromatic heterocycles. The first-order chi connectivity index (χ1) is 13.2. The van der Waals surface area contributed by atoms with Crippen molar-refractivity contribution in [2.45, 2.75) is 19.3 Å². The van der Waals surface area contributed by atoms with Crippen LogP contribution in [0.2, 0.25) is 0 Å². The number of carbonyl (C=O) groups is 3. The van der Waals surface area contributed by atoms with Gasteiger partial charge in [0.05, 0.1) is 24.2 Å². The number of rotatable bonds is 5. The lowest BCUT2D eigenvalue weighted by molar-refractivity contribution is -0.137. The van der Waals surface area contributed by atoms with Crippen LogP contribution in [0.1, 0.15) is 27.0 Å². The molecule has 0 saturated carbocycles. The van der Waals surface area contributed by atoms with Crippen LogP contribution in [-0.4, -0.2) is 29.4 Å². The number of benzene rings is 2. The van der Waals surface area contributed by atoms with E-state index < -0.39 is 23.7 Å². The summed E-state index contributed by atoms with van der Waals surface area (Å²) in [5.74, 6) is -1.10. The van der Waals surface area contributed by atoms with E-state index in [0.717, 1.165) is 17.0 Å². The first-order valence-corrected chi connectivity index (χ1v) is 8.24. The number of hydrogen-bond donors (Lipinski definition) is 1. The van der Waals surface area contributed by atoms with Crippen LogP contribution in [0.3, 0.4) is 0 Å². The van der Waals surface area contributed by atoms with Crippen LogP contribution in [0.25, 0.3) is 0 Å². The van der Waals surface area contributed by atoms with E-state index in [1.165, 1.54) is 24.3 Å². The molecule has 0 bridgehead atoms. The number of ether oxygens (including phenoxy) is 1. The summed E-state index contributed by atoms with van der Waals surface area (Å²) in [6.45, 7) is -0.392. The topological polar surface area (TPSA) is 75.7 Å². The highest BCUT2D eigenvalue weighted by Crippen LogP contribution is 2.29. The Labute approximate surface area is 157 Å². The maximum absolute atomic E-state index is 12.7. The molecule has 1 aliphatic rings. The molecule has 28 heavy (non-hydrogen) atoms. The number of urea groups is 1. The Morgan fingerprint density at radius 2 is 1.79 bits per heavy atom. The Kier molecular flexibility index (Phi) is 5.34. The van der Waals surface area contributed by atoms with Crippen molar-refractivity contribution in [3.8, 4) is 0 Å². The van der Waals surface area contributed by atoms with Crippen LogP contribution < -0.4 is 5.32 Å². The highest BCUT2D eigenvalue weighted by molar-refractivity contribution is 6.01. The van der Waals surface area contributed by atoms with E-state index in [1.807, 2.05) is 0 Å². The lowest BCUT2D eigenvalue weighted by atomic mass is 10.1. The Hall–Kier alpha value is -3.36. The lowest BCUT2D eigenvalue weighted by Crippen LogP contribution is -2.30. The Morgan fingerprint density at radius 3 is 2.46 bits per heavy atom. The van der Waals surface area contributed by atoms with Crippen molar-refractivity contribution in [1.82, 2.24) is 10.2 Å². The van der Waals surface area contributed by atoms with Crippen molar-refractivity contribution in [2.24, 2.45) is 0 Å². The quantitative estimate of drug-likeness (QED) is 0.627. The highest BCUT2D eigenvalue weighted by Gasteiger charge is 2.30. The molecule has 1 aliphatic heterocycles. The second kappa shape index (κ2) is 7.71. The van der Waals surface area contributed by atoms with Crippen LogP contribution in [-0.2, 0) is 28.9 Å². The van der Waals surface area contributed by atoms with Gasteiger partial charge in [-0.2, -0.15) is 13.2 Å². The van der Waals surface area contributed by atoms with E-state index in [0.29, 0.717) is 5.56 Å². The summed E-state index contributed by atoms with van der Waals surface area (Å²) < 4.78 is 43.3. The van der Waals surface area contributed by atoms with Gasteiger partial charge in [0.15, 0.2) is 0 Å². The summed E-state index contributed by atoms with van der Waals surface area (Å²) >= 11 is 0. The fourth-order valence-electron chi connectivity index (χ4n) is 2.66. The fraction of sp³-hybridized carbons (Fsp3) is 0.211. The maximum atomic E-state index is 12.7. The fourth-order valence-corrected chi connectivity index (χ4v) is 2.66. The number of amides is 3. The van der Waals surface area contributed by atoms with Gasteiger partial charge in [0.25, 0.3) is 0 Å². The smallest absolute Gasteiger partial charge is 0.416 e. The number of esters is 1. The van der Waals surface area contributed by atoms with E-state index in [9.17, 15) is 27.6 Å². The van der Waals surface area contributed by atoms with Crippen molar-refractivity contribution < 1.29 is 32.3 Å². The number of halogens is 3. The minimum Gasteiger partial charge on any atom is -0.457 e. The molecule has 0 unspecified atom stereocenters. The van der Waals surface area contributed by atoms with Crippen molar-refractivity contribution in [1.29, 1.82) is 0 Å². The summed E-state index contributed by atoms with van der Waals surface area (Å²) in [5.41, 5.74) is 0.0886. The zero-order chi connectivity index (χ0) is 20.3. The van der Waals surface area contributed by atoms with Crippen LogP contribution in [0.4, 0.5) is 18.0 Å². The molecule has 0 radical (unpaired) electrons. The van der Waals surface area contributed by atoms with Crippen molar-refractivity contribution >= 4 is 17.9 Å². The zero-order valence-corrected chi connectivity index (χ0v) is 14.5. The van der Waals surface area contributed by atoms with Crippen LogP contribution in [0.15, 0.2) is 48.5 Å². The van der Waals surface area contributed by atoms with Gasteiger partial charge in [0.1, 0.15) is 6.61 Å². The predicted molar refractivity (Wildman–Crippen MR) is 91.0 cm³/mol. The predicted octanol–water partition coefficient (Wildman–Crippen LogP) is 3.11. The molecular weight excluding hydrogens is 377 g/mol. The molecule has 1 saturated heterocycles. The second-order valence-electron chi connectivity index (χ2n) is 6.11. The number of hydrogen-bond acceptors (Lipinski definition) is 4. The molecular formula is C19H15F3N2O4. The van der Waals surface area contributed by atoms with Gasteiger partial charge >= 0.3 is 18.2 Å². The summed E-state index contributed by atoms with van der Waals surface area (Å²) in [5, 5.41) is 2.40. The normalized spacial score (nSPS) is 14.2. The number of carbonyl (C=O) groups excluding carboxylic acids is 3. The maximum Gasteiger partial charge on any atom is 0.416 e. The average molecular weight is 392 g/mol. The molecule has 0 atom stereocenters. The Balaban J connectivity index is 1.65. The molecule has 3 amide bonds. The lowest BCUT2D eigenvalue weighted by Gasteiger charge is -2.13. The first-order valence-electron chi connectivity index (χ1n) is 8.24. The average Bonchev–Trinajstić information content (AvgIpc) is 2.98. The summed E-state index contributed by atoms with van der Waals surface area (Å²) in [7, 11) is 0. The molecule has 146 valence electrons. The standard InChI is InChI=1S/C19H15F3N2O4/c20-19(21,22)15-6-2-4-13(8-15)11-28-17(26)14-5-1-3-12(7-14)10-24-16(25)9-23-18(24)27/h1-8H,9-11H2,(H,23,27). The van der Waals surface area contributed by atoms with E-state index >= 15 is 0 Å². The van der Waals surface area contributed by atoms with Gasteiger partial charge in [-0.3, -0.25) is 9.69 Å². The van der Waals surface area contributed by atoms with E-state index in [4.69, 9.17) is 4.74 Å². The molecule has 0 spiro atoms. The van der Waals surface area contributed by atoms with Gasteiger partial charge < -0.3 is 10.1 Å². The third-order valence-corrected chi connectivity index (χ3v) is 4.06. The van der Waals surface area contributed by atoms with Crippen molar-refractivity contribution in [3.63, 3.8) is 0 Å². The number of nitrogens with one attached hydrogen (secondary N) is 1.